The van der Waals surface area contributed by atoms with Crippen LogP contribution >= 0.6 is 0 Å². The number of halogens is 3. The summed E-state index contributed by atoms with van der Waals surface area (Å²) < 4.78 is 40.8. The van der Waals surface area contributed by atoms with Gasteiger partial charge in [0.2, 0.25) is 0 Å². The van der Waals surface area contributed by atoms with E-state index in [-0.39, 0.29) is 19.6 Å². The number of rotatable bonds is 6. The maximum absolute atomic E-state index is 12.1. The van der Waals surface area contributed by atoms with E-state index in [4.69, 9.17) is 5.26 Å². The number of nitriles is 1. The van der Waals surface area contributed by atoms with Crippen molar-refractivity contribution in [3.63, 3.8) is 0 Å². The lowest BCUT2D eigenvalue weighted by Gasteiger charge is -2.13. The summed E-state index contributed by atoms with van der Waals surface area (Å²) in [6.07, 6.45) is -4.55. The van der Waals surface area contributed by atoms with E-state index in [1.807, 2.05) is 0 Å². The summed E-state index contributed by atoms with van der Waals surface area (Å²) in [5.74, 6) is -2.52. The van der Waals surface area contributed by atoms with Crippen LogP contribution < -0.4 is 5.32 Å². The minimum atomic E-state index is -4.54. The van der Waals surface area contributed by atoms with Crippen molar-refractivity contribution in [3.8, 4) is 6.07 Å². The Morgan fingerprint density at radius 1 is 1.56 bits per heavy atom. The number of esters is 1. The number of nitrogens with zero attached hydrogens (tertiary/aromatic N) is 1. The van der Waals surface area contributed by atoms with Gasteiger partial charge in [-0.2, -0.15) is 18.4 Å². The molecule has 1 N–H and O–H groups in total. The third-order valence-electron chi connectivity index (χ3n) is 1.71. The van der Waals surface area contributed by atoms with E-state index in [9.17, 15) is 18.0 Å². The van der Waals surface area contributed by atoms with Crippen LogP contribution in [-0.2, 0) is 9.53 Å². The Morgan fingerprint density at radius 2 is 2.19 bits per heavy atom. The molecule has 0 bridgehead atoms. The van der Waals surface area contributed by atoms with Crippen molar-refractivity contribution in [2.45, 2.75) is 19.5 Å². The van der Waals surface area contributed by atoms with E-state index in [0.717, 1.165) is 6.07 Å². The summed E-state index contributed by atoms with van der Waals surface area (Å²) >= 11 is 0. The molecule has 0 fully saturated rings. The van der Waals surface area contributed by atoms with Gasteiger partial charge in [0, 0.05) is 13.1 Å². The van der Waals surface area contributed by atoms with Crippen LogP contribution in [0.3, 0.4) is 0 Å². The highest BCUT2D eigenvalue weighted by Gasteiger charge is 2.39. The average molecular weight is 238 g/mol. The molecule has 0 saturated heterocycles. The van der Waals surface area contributed by atoms with Gasteiger partial charge in [0.25, 0.3) is 0 Å². The van der Waals surface area contributed by atoms with E-state index in [0.29, 0.717) is 0 Å². The highest BCUT2D eigenvalue weighted by molar-refractivity contribution is 5.69. The van der Waals surface area contributed by atoms with Crippen LogP contribution in [0.2, 0.25) is 0 Å². The molecule has 0 spiro atoms. The summed E-state index contributed by atoms with van der Waals surface area (Å²) in [5.41, 5.74) is 0. The monoisotopic (exact) mass is 238 g/mol. The molecule has 1 atom stereocenters. The van der Waals surface area contributed by atoms with Crippen LogP contribution in [0.4, 0.5) is 13.2 Å². The van der Waals surface area contributed by atoms with Crippen molar-refractivity contribution in [3.05, 3.63) is 0 Å². The Hall–Kier alpha value is -1.29. The van der Waals surface area contributed by atoms with E-state index < -0.39 is 24.6 Å². The first kappa shape index (κ1) is 14.7. The molecule has 0 aliphatic carbocycles. The fourth-order valence-corrected chi connectivity index (χ4v) is 0.905. The second-order valence-corrected chi connectivity index (χ2v) is 2.98. The molecule has 7 heteroatoms. The van der Waals surface area contributed by atoms with Crippen LogP contribution in [0.25, 0.3) is 0 Å². The van der Waals surface area contributed by atoms with Crippen LogP contribution in [-0.4, -0.2) is 31.8 Å². The number of alkyl halides is 3. The van der Waals surface area contributed by atoms with E-state index >= 15 is 0 Å². The van der Waals surface area contributed by atoms with Gasteiger partial charge in [-0.05, 0) is 6.92 Å². The van der Waals surface area contributed by atoms with Crippen molar-refractivity contribution in [1.82, 2.24) is 5.32 Å². The highest BCUT2D eigenvalue weighted by atomic mass is 19.4. The van der Waals surface area contributed by atoms with Gasteiger partial charge < -0.3 is 10.1 Å². The SMILES string of the molecule is CCOC(=O)CCNCC(C#N)C(F)(F)F. The maximum atomic E-state index is 12.1. The molecular weight excluding hydrogens is 225 g/mol. The van der Waals surface area contributed by atoms with Gasteiger partial charge in [-0.1, -0.05) is 0 Å². The van der Waals surface area contributed by atoms with Crippen LogP contribution in [0.5, 0.6) is 0 Å². The molecule has 0 aliphatic heterocycles. The summed E-state index contributed by atoms with van der Waals surface area (Å²) in [6, 6.07) is 1.15. The second kappa shape index (κ2) is 7.06. The zero-order valence-electron chi connectivity index (χ0n) is 8.80. The van der Waals surface area contributed by atoms with Crippen molar-refractivity contribution >= 4 is 5.97 Å². The van der Waals surface area contributed by atoms with Crippen molar-refractivity contribution < 1.29 is 22.7 Å². The number of carbonyl (C=O) groups is 1. The Labute approximate surface area is 91.4 Å². The Kier molecular flexibility index (Phi) is 6.49. The number of nitrogens with one attached hydrogen (secondary N) is 1. The molecule has 1 unspecified atom stereocenters. The Bertz CT molecular complexity index is 260. The van der Waals surface area contributed by atoms with E-state index in [2.05, 4.69) is 10.1 Å². The summed E-state index contributed by atoms with van der Waals surface area (Å²) in [7, 11) is 0. The fraction of sp³-hybridized carbons (Fsp3) is 0.778. The first-order valence-electron chi connectivity index (χ1n) is 4.74. The predicted octanol–water partition coefficient (Wildman–Crippen LogP) is 1.23. The van der Waals surface area contributed by atoms with Gasteiger partial charge in [-0.15, -0.1) is 0 Å². The molecule has 0 heterocycles. The van der Waals surface area contributed by atoms with Crippen LogP contribution in [0, 0.1) is 17.2 Å². The molecule has 0 aromatic rings. The lowest BCUT2D eigenvalue weighted by molar-refractivity contribution is -0.157. The van der Waals surface area contributed by atoms with Gasteiger partial charge in [-0.3, -0.25) is 4.79 Å². The topological polar surface area (TPSA) is 62.1 Å². The smallest absolute Gasteiger partial charge is 0.405 e. The van der Waals surface area contributed by atoms with Crippen LogP contribution in [0.15, 0.2) is 0 Å². The molecular formula is C9H13F3N2O2. The molecule has 0 amide bonds. The first-order chi connectivity index (χ1) is 7.41. The third-order valence-corrected chi connectivity index (χ3v) is 1.71. The van der Waals surface area contributed by atoms with Gasteiger partial charge in [0.15, 0.2) is 5.92 Å². The molecule has 0 radical (unpaired) electrons. The van der Waals surface area contributed by atoms with Crippen molar-refractivity contribution in [2.24, 2.45) is 5.92 Å². The first-order valence-corrected chi connectivity index (χ1v) is 4.74. The minimum absolute atomic E-state index is 0.0101. The highest BCUT2D eigenvalue weighted by Crippen LogP contribution is 2.24. The van der Waals surface area contributed by atoms with Gasteiger partial charge in [0.05, 0.1) is 19.1 Å². The van der Waals surface area contributed by atoms with Crippen LogP contribution in [0.1, 0.15) is 13.3 Å². The lowest BCUT2D eigenvalue weighted by atomic mass is 10.1. The van der Waals surface area contributed by atoms with E-state index in [1.165, 1.54) is 0 Å². The number of hydrogen-bond acceptors (Lipinski definition) is 4. The molecule has 0 rings (SSSR count). The molecule has 0 aliphatic rings. The van der Waals surface area contributed by atoms with Gasteiger partial charge >= 0.3 is 12.1 Å². The maximum Gasteiger partial charge on any atom is 0.405 e. The van der Waals surface area contributed by atoms with Crippen molar-refractivity contribution in [2.75, 3.05) is 19.7 Å². The summed E-state index contributed by atoms with van der Waals surface area (Å²) in [6.45, 7) is 1.43. The minimum Gasteiger partial charge on any atom is -0.466 e. The molecule has 0 aromatic carbocycles. The fourth-order valence-electron chi connectivity index (χ4n) is 0.905. The Morgan fingerprint density at radius 3 is 2.62 bits per heavy atom. The zero-order valence-corrected chi connectivity index (χ0v) is 8.80. The van der Waals surface area contributed by atoms with Crippen molar-refractivity contribution in [1.29, 1.82) is 5.26 Å². The molecule has 0 saturated carbocycles. The number of ether oxygens (including phenoxy) is 1. The molecule has 16 heavy (non-hydrogen) atoms. The second-order valence-electron chi connectivity index (χ2n) is 2.98. The predicted molar refractivity (Wildman–Crippen MR) is 49.3 cm³/mol. The summed E-state index contributed by atoms with van der Waals surface area (Å²) in [5, 5.41) is 10.6. The van der Waals surface area contributed by atoms with E-state index in [1.54, 1.807) is 6.92 Å². The number of carbonyl (C=O) groups excluding carboxylic acids is 1. The third kappa shape index (κ3) is 6.24. The Balaban J connectivity index is 3.74. The standard InChI is InChI=1S/C9H13F3N2O2/c1-2-16-8(15)3-4-14-6-7(5-13)9(10,11)12/h7,14H,2-4,6H2,1H3. The quantitative estimate of drug-likeness (QED) is 0.558. The van der Waals surface area contributed by atoms with Gasteiger partial charge in [0.1, 0.15) is 0 Å². The zero-order chi connectivity index (χ0) is 12.6. The molecule has 0 aromatic heterocycles. The number of hydrogen-bond donors (Lipinski definition) is 1. The molecule has 4 nitrogen and oxygen atoms in total. The van der Waals surface area contributed by atoms with Gasteiger partial charge in [-0.25, -0.2) is 0 Å². The normalized spacial score (nSPS) is 12.9. The largest absolute Gasteiger partial charge is 0.466 e. The molecule has 92 valence electrons. The average Bonchev–Trinajstić information content (AvgIpc) is 2.16. The lowest BCUT2D eigenvalue weighted by Crippen LogP contribution is -2.33. The summed E-state index contributed by atoms with van der Waals surface area (Å²) in [4.78, 5) is 10.8.